The minimum atomic E-state index is -0.374. The predicted molar refractivity (Wildman–Crippen MR) is 43.1 cm³/mol. The first-order valence-electron chi connectivity index (χ1n) is 2.80. The molecule has 0 saturated carbocycles. The van der Waals surface area contributed by atoms with Gasteiger partial charge in [-0.2, -0.15) is 0 Å². The molecule has 0 spiro atoms. The van der Waals surface area contributed by atoms with Gasteiger partial charge in [-0.15, -0.1) is 0 Å². The first kappa shape index (κ1) is 7.15. The van der Waals surface area contributed by atoms with Gasteiger partial charge < -0.3 is 5.73 Å². The van der Waals surface area contributed by atoms with Gasteiger partial charge in [-0.1, -0.05) is 30.0 Å². The summed E-state index contributed by atoms with van der Waals surface area (Å²) >= 11 is 1.34. The Balaban J connectivity index is 2.78. The van der Waals surface area contributed by atoms with Gasteiger partial charge in [0.1, 0.15) is 0 Å². The monoisotopic (exact) mass is 153 g/mol. The van der Waals surface area contributed by atoms with Crippen LogP contribution in [0.25, 0.3) is 0 Å². The van der Waals surface area contributed by atoms with E-state index < -0.39 is 0 Å². The molecule has 0 unspecified atom stereocenters. The van der Waals surface area contributed by atoms with Crippen LogP contribution < -0.4 is 5.73 Å². The molecule has 0 bridgehead atoms. The van der Waals surface area contributed by atoms with Crippen molar-refractivity contribution in [1.82, 2.24) is 0 Å². The number of allylic oxidation sites excluding steroid dienone is 4. The van der Waals surface area contributed by atoms with E-state index in [1.807, 2.05) is 17.6 Å². The van der Waals surface area contributed by atoms with Gasteiger partial charge in [0.15, 0.2) is 0 Å². The van der Waals surface area contributed by atoms with E-state index in [2.05, 4.69) is 0 Å². The number of hydrogen-bond donors (Lipinski definition) is 1. The van der Waals surface area contributed by atoms with Crippen LogP contribution in [0.5, 0.6) is 0 Å². The number of primary amides is 1. The summed E-state index contributed by atoms with van der Waals surface area (Å²) in [6.07, 6.45) is 7.20. The fraction of sp³-hybridized carbons (Fsp3) is 0. The van der Waals surface area contributed by atoms with Crippen LogP contribution in [0.3, 0.4) is 0 Å². The number of nitrogens with two attached hydrogens (primary N) is 1. The minimum Gasteiger partial charge on any atom is -0.365 e. The summed E-state index contributed by atoms with van der Waals surface area (Å²) in [5.74, 6) is -0.374. The van der Waals surface area contributed by atoms with Gasteiger partial charge in [0, 0.05) is 0 Å². The van der Waals surface area contributed by atoms with E-state index in [-0.39, 0.29) is 5.91 Å². The molecule has 2 N–H and O–H groups in total. The van der Waals surface area contributed by atoms with Gasteiger partial charge in [0.05, 0.1) is 4.91 Å². The molecule has 1 aliphatic heterocycles. The molecule has 0 aliphatic carbocycles. The summed E-state index contributed by atoms with van der Waals surface area (Å²) < 4.78 is 0. The van der Waals surface area contributed by atoms with E-state index in [0.717, 1.165) is 0 Å². The van der Waals surface area contributed by atoms with Crippen molar-refractivity contribution in [2.45, 2.75) is 0 Å². The van der Waals surface area contributed by atoms with Crippen molar-refractivity contribution >= 4 is 17.7 Å². The zero-order valence-corrected chi connectivity index (χ0v) is 6.10. The summed E-state index contributed by atoms with van der Waals surface area (Å²) in [6, 6.07) is 0. The molecule has 0 radical (unpaired) electrons. The fourth-order valence-electron chi connectivity index (χ4n) is 0.545. The number of carbonyl (C=O) groups excluding carboxylic acids is 1. The van der Waals surface area contributed by atoms with Gasteiger partial charge in [0.25, 0.3) is 5.91 Å². The summed E-state index contributed by atoms with van der Waals surface area (Å²) in [6.45, 7) is 0. The maximum atomic E-state index is 10.6. The smallest absolute Gasteiger partial charge is 0.255 e. The summed E-state index contributed by atoms with van der Waals surface area (Å²) in [5.41, 5.74) is 5.04. The minimum absolute atomic E-state index is 0.374. The quantitative estimate of drug-likeness (QED) is 0.614. The summed E-state index contributed by atoms with van der Waals surface area (Å²) in [4.78, 5) is 11.1. The predicted octanol–water partition coefficient (Wildman–Crippen LogP) is 1.17. The number of amides is 1. The highest BCUT2D eigenvalue weighted by molar-refractivity contribution is 8.06. The molecule has 0 fully saturated rings. The average Bonchev–Trinajstić information content (AvgIpc) is 2.12. The Labute approximate surface area is 63.5 Å². The van der Waals surface area contributed by atoms with E-state index in [0.29, 0.717) is 4.91 Å². The van der Waals surface area contributed by atoms with Gasteiger partial charge >= 0.3 is 0 Å². The molecule has 10 heavy (non-hydrogen) atoms. The highest BCUT2D eigenvalue weighted by Gasteiger charge is 2.01. The second-order valence-corrected chi connectivity index (χ2v) is 2.67. The molecule has 3 heteroatoms. The van der Waals surface area contributed by atoms with Crippen LogP contribution in [0.15, 0.2) is 34.6 Å². The molecular formula is C7H7NOS. The van der Waals surface area contributed by atoms with Crippen LogP contribution in [0.2, 0.25) is 0 Å². The molecule has 0 aromatic rings. The Morgan fingerprint density at radius 1 is 1.40 bits per heavy atom. The van der Waals surface area contributed by atoms with Crippen molar-refractivity contribution in [2.24, 2.45) is 5.73 Å². The molecule has 0 saturated heterocycles. The lowest BCUT2D eigenvalue weighted by molar-refractivity contribution is -0.113. The number of carbonyl (C=O) groups is 1. The zero-order chi connectivity index (χ0) is 7.40. The topological polar surface area (TPSA) is 43.1 Å². The van der Waals surface area contributed by atoms with E-state index in [9.17, 15) is 4.79 Å². The third kappa shape index (κ3) is 1.77. The maximum absolute atomic E-state index is 10.6. The van der Waals surface area contributed by atoms with Crippen molar-refractivity contribution in [2.75, 3.05) is 0 Å². The largest absolute Gasteiger partial charge is 0.365 e. The van der Waals surface area contributed by atoms with Crippen molar-refractivity contribution in [1.29, 1.82) is 0 Å². The van der Waals surface area contributed by atoms with Crippen LogP contribution in [-0.4, -0.2) is 5.91 Å². The van der Waals surface area contributed by atoms with Crippen LogP contribution >= 0.6 is 11.8 Å². The van der Waals surface area contributed by atoms with Crippen molar-refractivity contribution in [3.63, 3.8) is 0 Å². The van der Waals surface area contributed by atoms with Crippen molar-refractivity contribution < 1.29 is 4.79 Å². The van der Waals surface area contributed by atoms with Gasteiger partial charge in [-0.25, -0.2) is 0 Å². The Morgan fingerprint density at radius 2 is 2.20 bits per heavy atom. The first-order valence-corrected chi connectivity index (χ1v) is 3.68. The molecule has 1 aliphatic rings. The molecular weight excluding hydrogens is 146 g/mol. The molecule has 2 nitrogen and oxygen atoms in total. The Hall–Kier alpha value is -0.960. The number of rotatable bonds is 1. The van der Waals surface area contributed by atoms with E-state index >= 15 is 0 Å². The Morgan fingerprint density at radius 3 is 2.90 bits per heavy atom. The standard InChI is InChI=1S/C7H7NOS/c8-7(9)6-4-2-1-3-5-10-6/h1-5H,(H2,8,9). The lowest BCUT2D eigenvalue weighted by atomic mass is 10.4. The summed E-state index contributed by atoms with van der Waals surface area (Å²) in [7, 11) is 0. The third-order valence-corrected chi connectivity index (χ3v) is 1.87. The van der Waals surface area contributed by atoms with Crippen LogP contribution in [0.4, 0.5) is 0 Å². The highest BCUT2D eigenvalue weighted by Crippen LogP contribution is 2.18. The normalized spacial score (nSPS) is 16.2. The number of hydrogen-bond acceptors (Lipinski definition) is 2. The molecule has 52 valence electrons. The van der Waals surface area contributed by atoms with E-state index in [1.54, 1.807) is 12.2 Å². The molecule has 1 heterocycles. The van der Waals surface area contributed by atoms with Crippen LogP contribution in [0.1, 0.15) is 0 Å². The van der Waals surface area contributed by atoms with E-state index in [4.69, 9.17) is 5.73 Å². The molecule has 0 atom stereocenters. The first-order chi connectivity index (χ1) is 4.80. The average molecular weight is 153 g/mol. The molecule has 0 aromatic heterocycles. The highest BCUT2D eigenvalue weighted by atomic mass is 32.2. The molecule has 0 aromatic carbocycles. The zero-order valence-electron chi connectivity index (χ0n) is 5.28. The second-order valence-electron chi connectivity index (χ2n) is 1.73. The second kappa shape index (κ2) is 3.27. The molecule has 1 rings (SSSR count). The number of thioether (sulfide) groups is 1. The third-order valence-electron chi connectivity index (χ3n) is 0.986. The SMILES string of the molecule is NC(=O)C1=CC=CC=CS1. The van der Waals surface area contributed by atoms with Crippen LogP contribution in [0, 0.1) is 0 Å². The van der Waals surface area contributed by atoms with Crippen molar-refractivity contribution in [3.8, 4) is 0 Å². The fourth-order valence-corrected chi connectivity index (χ4v) is 1.13. The Bertz CT molecular complexity index is 228. The lowest BCUT2D eigenvalue weighted by Gasteiger charge is -1.92. The van der Waals surface area contributed by atoms with E-state index in [1.165, 1.54) is 11.8 Å². The van der Waals surface area contributed by atoms with Crippen molar-refractivity contribution in [3.05, 3.63) is 34.6 Å². The Kier molecular flexibility index (Phi) is 2.34. The van der Waals surface area contributed by atoms with Gasteiger partial charge in [-0.3, -0.25) is 4.79 Å². The molecule has 1 amide bonds. The van der Waals surface area contributed by atoms with Crippen LogP contribution in [-0.2, 0) is 4.79 Å². The maximum Gasteiger partial charge on any atom is 0.255 e. The van der Waals surface area contributed by atoms with Gasteiger partial charge in [0.2, 0.25) is 0 Å². The summed E-state index contributed by atoms with van der Waals surface area (Å²) in [5, 5.41) is 1.82. The lowest BCUT2D eigenvalue weighted by Crippen LogP contribution is -2.10. The van der Waals surface area contributed by atoms with Gasteiger partial charge in [-0.05, 0) is 11.5 Å².